The fourth-order valence-corrected chi connectivity index (χ4v) is 4.89. The molecule has 158 valence electrons. The molecule has 0 saturated carbocycles. The number of nitrogens with zero attached hydrogens (tertiary/aromatic N) is 4. The first-order chi connectivity index (χ1) is 14.8. The Morgan fingerprint density at radius 2 is 1.90 bits per heavy atom. The van der Waals surface area contributed by atoms with Gasteiger partial charge in [0.1, 0.15) is 0 Å². The Morgan fingerprint density at radius 3 is 2.80 bits per heavy atom. The summed E-state index contributed by atoms with van der Waals surface area (Å²) >= 11 is 6.46. The van der Waals surface area contributed by atoms with Crippen molar-refractivity contribution in [1.29, 1.82) is 0 Å². The van der Waals surface area contributed by atoms with Crippen LogP contribution in [0.4, 0.5) is 5.95 Å². The van der Waals surface area contributed by atoms with Crippen LogP contribution in [0.3, 0.4) is 0 Å². The van der Waals surface area contributed by atoms with E-state index < -0.39 is 0 Å². The minimum atomic E-state index is 0.378. The van der Waals surface area contributed by atoms with E-state index in [-0.39, 0.29) is 0 Å². The molecule has 2 fully saturated rings. The number of benzene rings is 1. The summed E-state index contributed by atoms with van der Waals surface area (Å²) in [6, 6.07) is 8.58. The predicted molar refractivity (Wildman–Crippen MR) is 123 cm³/mol. The van der Waals surface area contributed by atoms with Crippen LogP contribution < -0.4 is 5.32 Å². The van der Waals surface area contributed by atoms with E-state index >= 15 is 0 Å². The first-order valence-corrected chi connectivity index (χ1v) is 11.4. The van der Waals surface area contributed by atoms with Gasteiger partial charge >= 0.3 is 0 Å². The third-order valence-electron chi connectivity index (χ3n) is 6.38. The second kappa shape index (κ2) is 8.92. The van der Waals surface area contributed by atoms with E-state index in [0.29, 0.717) is 17.0 Å². The molecule has 2 aliphatic rings. The summed E-state index contributed by atoms with van der Waals surface area (Å²) in [6.07, 6.45) is 8.91. The number of rotatable bonds is 6. The van der Waals surface area contributed by atoms with Gasteiger partial charge in [-0.2, -0.15) is 0 Å². The van der Waals surface area contributed by atoms with Gasteiger partial charge in [-0.25, -0.2) is 9.97 Å². The van der Waals surface area contributed by atoms with Crippen LogP contribution in [-0.4, -0.2) is 70.1 Å². The number of nitrogens with one attached hydrogen (secondary N) is 2. The fourth-order valence-electron chi connectivity index (χ4n) is 4.69. The van der Waals surface area contributed by atoms with Gasteiger partial charge in [0.25, 0.3) is 0 Å². The van der Waals surface area contributed by atoms with Gasteiger partial charge in [0.15, 0.2) is 0 Å². The summed E-state index contributed by atoms with van der Waals surface area (Å²) in [5.74, 6) is 0.655. The van der Waals surface area contributed by atoms with Gasteiger partial charge in [-0.05, 0) is 38.4 Å². The lowest BCUT2D eigenvalue weighted by Gasteiger charge is -2.28. The first kappa shape index (κ1) is 19.8. The number of H-pyrrole nitrogens is 1. The Bertz CT molecular complexity index is 996. The van der Waals surface area contributed by atoms with Gasteiger partial charge in [-0.3, -0.25) is 4.90 Å². The molecule has 4 heterocycles. The number of likely N-dealkylation sites (tertiary alicyclic amines) is 2. The summed E-state index contributed by atoms with van der Waals surface area (Å²) in [6.45, 7) is 7.06. The number of anilines is 1. The van der Waals surface area contributed by atoms with E-state index in [1.54, 1.807) is 6.20 Å². The molecule has 3 aromatic rings. The average molecular weight is 425 g/mol. The van der Waals surface area contributed by atoms with Crippen molar-refractivity contribution in [3.63, 3.8) is 0 Å². The van der Waals surface area contributed by atoms with Crippen LogP contribution in [0.25, 0.3) is 22.2 Å². The minimum Gasteiger partial charge on any atom is -0.360 e. The molecule has 2 saturated heterocycles. The summed E-state index contributed by atoms with van der Waals surface area (Å²) in [4.78, 5) is 17.7. The number of hydrogen-bond acceptors (Lipinski definition) is 5. The number of aromatic nitrogens is 3. The van der Waals surface area contributed by atoms with Crippen LogP contribution >= 0.6 is 11.6 Å². The zero-order valence-corrected chi connectivity index (χ0v) is 18.0. The van der Waals surface area contributed by atoms with Crippen LogP contribution in [-0.2, 0) is 0 Å². The first-order valence-electron chi connectivity index (χ1n) is 11.1. The molecule has 30 heavy (non-hydrogen) atoms. The van der Waals surface area contributed by atoms with E-state index in [1.165, 1.54) is 38.9 Å². The quantitative estimate of drug-likeness (QED) is 0.619. The van der Waals surface area contributed by atoms with Gasteiger partial charge in [-0.1, -0.05) is 36.2 Å². The molecule has 0 unspecified atom stereocenters. The third-order valence-corrected chi connectivity index (χ3v) is 6.65. The Labute approximate surface area is 182 Å². The van der Waals surface area contributed by atoms with E-state index in [1.807, 2.05) is 18.3 Å². The van der Waals surface area contributed by atoms with Crippen molar-refractivity contribution in [3.05, 3.63) is 41.7 Å². The zero-order valence-electron chi connectivity index (χ0n) is 17.3. The summed E-state index contributed by atoms with van der Waals surface area (Å²) < 4.78 is 0. The molecule has 0 radical (unpaired) electrons. The smallest absolute Gasteiger partial charge is 0.223 e. The number of halogens is 1. The largest absolute Gasteiger partial charge is 0.360 e. The molecule has 7 heteroatoms. The van der Waals surface area contributed by atoms with Crippen LogP contribution in [0.5, 0.6) is 0 Å². The van der Waals surface area contributed by atoms with Crippen LogP contribution in [0.2, 0.25) is 5.02 Å². The molecule has 2 aromatic heterocycles. The van der Waals surface area contributed by atoms with Gasteiger partial charge < -0.3 is 15.2 Å². The number of fused-ring (bicyclic) bond motifs is 1. The number of hydrogen-bond donors (Lipinski definition) is 2. The highest BCUT2D eigenvalue weighted by Crippen LogP contribution is 2.32. The van der Waals surface area contributed by atoms with Gasteiger partial charge in [0.05, 0.1) is 16.9 Å². The molecule has 5 rings (SSSR count). The number of piperidine rings is 1. The Balaban J connectivity index is 1.23. The lowest BCUT2D eigenvalue weighted by Crippen LogP contribution is -2.37. The predicted octanol–water partition coefficient (Wildman–Crippen LogP) is 4.25. The molecule has 2 N–H and O–H groups in total. The summed E-state index contributed by atoms with van der Waals surface area (Å²) in [5, 5.41) is 5.23. The molecule has 0 bridgehead atoms. The van der Waals surface area contributed by atoms with Gasteiger partial charge in [0, 0.05) is 54.9 Å². The highest BCUT2D eigenvalue weighted by molar-refractivity contribution is 6.33. The van der Waals surface area contributed by atoms with Crippen LogP contribution in [0.1, 0.15) is 25.7 Å². The molecule has 1 aromatic carbocycles. The van der Waals surface area contributed by atoms with Crippen molar-refractivity contribution in [1.82, 2.24) is 24.8 Å². The van der Waals surface area contributed by atoms with Crippen LogP contribution in [0.15, 0.2) is 36.7 Å². The second-order valence-corrected chi connectivity index (χ2v) is 8.88. The maximum Gasteiger partial charge on any atom is 0.223 e. The van der Waals surface area contributed by atoms with E-state index in [9.17, 15) is 0 Å². The van der Waals surface area contributed by atoms with Crippen molar-refractivity contribution in [2.75, 3.05) is 44.6 Å². The molecule has 1 atom stereocenters. The molecule has 2 aliphatic heterocycles. The average Bonchev–Trinajstić information content (AvgIpc) is 3.41. The topological polar surface area (TPSA) is 60.1 Å². The zero-order chi connectivity index (χ0) is 20.3. The van der Waals surface area contributed by atoms with Crippen molar-refractivity contribution < 1.29 is 0 Å². The Kier molecular flexibility index (Phi) is 5.88. The summed E-state index contributed by atoms with van der Waals surface area (Å²) in [7, 11) is 0. The van der Waals surface area contributed by atoms with Crippen molar-refractivity contribution in [3.8, 4) is 11.3 Å². The lowest BCUT2D eigenvalue weighted by atomic mass is 10.1. The van der Waals surface area contributed by atoms with Gasteiger partial charge in [-0.15, -0.1) is 0 Å². The molecule has 0 spiro atoms. The minimum absolute atomic E-state index is 0.378. The van der Waals surface area contributed by atoms with E-state index in [4.69, 9.17) is 16.6 Å². The Morgan fingerprint density at radius 1 is 1.07 bits per heavy atom. The summed E-state index contributed by atoms with van der Waals surface area (Å²) in [5.41, 5.74) is 2.86. The third kappa shape index (κ3) is 4.31. The molecule has 0 amide bonds. The highest BCUT2D eigenvalue weighted by Gasteiger charge is 2.24. The number of para-hydroxylation sites is 1. The molecule has 6 nitrogen and oxygen atoms in total. The van der Waals surface area contributed by atoms with Gasteiger partial charge in [0.2, 0.25) is 5.95 Å². The van der Waals surface area contributed by atoms with Crippen molar-refractivity contribution >= 4 is 28.5 Å². The maximum atomic E-state index is 6.46. The molecular weight excluding hydrogens is 396 g/mol. The van der Waals surface area contributed by atoms with Crippen molar-refractivity contribution in [2.24, 2.45) is 0 Å². The second-order valence-electron chi connectivity index (χ2n) is 8.47. The lowest BCUT2D eigenvalue weighted by molar-refractivity contribution is 0.196. The molecular formula is C23H29ClN6. The van der Waals surface area contributed by atoms with Crippen molar-refractivity contribution in [2.45, 2.75) is 31.7 Å². The molecule has 0 aliphatic carbocycles. The SMILES string of the molecule is Clc1cnc(N[C@@H]2CCN(CCN3CCCCC3)C2)nc1-c1c[nH]c2ccccc12. The maximum absolute atomic E-state index is 6.46. The Hall–Kier alpha value is -2.15. The number of aromatic amines is 1. The fraction of sp³-hybridized carbons (Fsp3) is 0.478. The van der Waals surface area contributed by atoms with Crippen LogP contribution in [0, 0.1) is 0 Å². The standard InChI is InChI=1S/C23H29ClN6/c24-20-15-26-23(28-22(20)19-14-25-21-7-3-2-6-18(19)21)27-17-8-11-30(16-17)13-12-29-9-4-1-5-10-29/h2-3,6-7,14-15,17,25H,1,4-5,8-13,16H2,(H,26,27,28)/t17-/m1/s1. The van der Waals surface area contributed by atoms with E-state index in [2.05, 4.69) is 37.2 Å². The monoisotopic (exact) mass is 424 g/mol. The normalized spacial score (nSPS) is 20.8. The van der Waals surface area contributed by atoms with E-state index in [0.717, 1.165) is 48.2 Å². The highest BCUT2D eigenvalue weighted by atomic mass is 35.5.